The molecule has 0 radical (unpaired) electrons. The van der Waals surface area contributed by atoms with Gasteiger partial charge in [0.25, 0.3) is 0 Å². The van der Waals surface area contributed by atoms with E-state index in [-0.39, 0.29) is 30.9 Å². The first-order valence-corrected chi connectivity index (χ1v) is 10.6. The molecule has 2 bridgehead atoms. The Kier molecular flexibility index (Phi) is 4.88. The maximum atomic E-state index is 13.3. The quantitative estimate of drug-likeness (QED) is 0.611. The van der Waals surface area contributed by atoms with Crippen molar-refractivity contribution in [3.63, 3.8) is 0 Å². The molecule has 4 atom stereocenters. The largest absolute Gasteiger partial charge is 0.396 e. The van der Waals surface area contributed by atoms with Crippen molar-refractivity contribution in [2.75, 3.05) is 13.2 Å². The van der Waals surface area contributed by atoms with E-state index >= 15 is 0 Å². The van der Waals surface area contributed by atoms with E-state index in [0.717, 1.165) is 30.5 Å². The lowest BCUT2D eigenvalue weighted by Crippen LogP contribution is -2.72. The number of piperidine rings is 1. The molecule has 1 saturated heterocycles. The summed E-state index contributed by atoms with van der Waals surface area (Å²) in [7, 11) is 0. The summed E-state index contributed by atoms with van der Waals surface area (Å²) in [5.74, 6) is -0.105. The second-order valence-corrected chi connectivity index (χ2v) is 10.1. The van der Waals surface area contributed by atoms with Gasteiger partial charge in [0, 0.05) is 28.7 Å². The summed E-state index contributed by atoms with van der Waals surface area (Å²) < 4.78 is 0. The van der Waals surface area contributed by atoms with Crippen LogP contribution in [0.4, 0.5) is 0 Å². The SMILES string of the molecule is CC(C)(C)C(=O)N[C@H]1C[C@@]2(CO)[C@H]3Cc4ccc(CO)cc4[C@@]2(CCN3)CC1=O. The van der Waals surface area contributed by atoms with Gasteiger partial charge in [0.2, 0.25) is 5.91 Å². The fourth-order valence-corrected chi connectivity index (χ4v) is 5.90. The van der Waals surface area contributed by atoms with Crippen molar-refractivity contribution in [3.8, 4) is 0 Å². The van der Waals surface area contributed by atoms with E-state index in [1.807, 2.05) is 32.9 Å². The molecule has 0 aromatic heterocycles. The molecule has 2 fully saturated rings. The zero-order chi connectivity index (χ0) is 21.0. The molecule has 1 aliphatic heterocycles. The molecule has 1 saturated carbocycles. The van der Waals surface area contributed by atoms with Crippen molar-refractivity contribution in [2.45, 2.75) is 70.6 Å². The summed E-state index contributed by atoms with van der Waals surface area (Å²) in [5, 5.41) is 26.9. The fraction of sp³-hybridized carbons (Fsp3) is 0.652. The minimum Gasteiger partial charge on any atom is -0.396 e. The van der Waals surface area contributed by atoms with Crippen LogP contribution in [0, 0.1) is 10.8 Å². The van der Waals surface area contributed by atoms with Gasteiger partial charge in [-0.25, -0.2) is 0 Å². The van der Waals surface area contributed by atoms with Gasteiger partial charge in [-0.05, 0) is 42.5 Å². The van der Waals surface area contributed by atoms with Gasteiger partial charge in [0.15, 0.2) is 5.78 Å². The van der Waals surface area contributed by atoms with E-state index < -0.39 is 22.3 Å². The summed E-state index contributed by atoms with van der Waals surface area (Å²) in [4.78, 5) is 25.9. The van der Waals surface area contributed by atoms with E-state index in [9.17, 15) is 19.8 Å². The van der Waals surface area contributed by atoms with E-state index in [2.05, 4.69) is 16.7 Å². The molecule has 2 aliphatic carbocycles. The first-order valence-electron chi connectivity index (χ1n) is 10.6. The van der Waals surface area contributed by atoms with Crippen LogP contribution in [0.1, 0.15) is 56.7 Å². The highest BCUT2D eigenvalue weighted by Crippen LogP contribution is 2.60. The topological polar surface area (TPSA) is 98.7 Å². The summed E-state index contributed by atoms with van der Waals surface area (Å²) in [6.07, 6.45) is 2.28. The highest BCUT2D eigenvalue weighted by Gasteiger charge is 2.65. The Balaban J connectivity index is 1.79. The zero-order valence-electron chi connectivity index (χ0n) is 17.5. The molecule has 4 rings (SSSR count). The Morgan fingerprint density at radius 1 is 1.31 bits per heavy atom. The first-order chi connectivity index (χ1) is 13.7. The van der Waals surface area contributed by atoms with Crippen LogP contribution in [0.3, 0.4) is 0 Å². The van der Waals surface area contributed by atoms with Crippen LogP contribution in [0.25, 0.3) is 0 Å². The number of fused-ring (bicyclic) bond motifs is 1. The number of hydrogen-bond donors (Lipinski definition) is 4. The van der Waals surface area contributed by atoms with E-state index in [1.54, 1.807) is 0 Å². The number of amides is 1. The normalized spacial score (nSPS) is 33.6. The first kappa shape index (κ1) is 20.5. The minimum atomic E-state index is -0.578. The molecule has 0 unspecified atom stereocenters. The third kappa shape index (κ3) is 2.95. The van der Waals surface area contributed by atoms with Gasteiger partial charge in [-0.3, -0.25) is 9.59 Å². The zero-order valence-corrected chi connectivity index (χ0v) is 17.5. The standard InChI is InChI=1S/C23H32N2O4/c1-21(2,3)20(29)25-17-10-23(13-27)19-9-15-5-4-14(12-26)8-16(15)22(23,6-7-24-19)11-18(17)28/h4-5,8,17,19,24,26-27H,6-7,9-13H2,1-3H3,(H,25,29)/t17-,19+,22+,23+/m0/s1. The van der Waals surface area contributed by atoms with Gasteiger partial charge in [-0.15, -0.1) is 0 Å². The molecule has 4 N–H and O–H groups in total. The number of aliphatic hydroxyl groups excluding tert-OH is 2. The van der Waals surface area contributed by atoms with Gasteiger partial charge in [0.1, 0.15) is 0 Å². The highest BCUT2D eigenvalue weighted by molar-refractivity contribution is 5.92. The van der Waals surface area contributed by atoms with Crippen LogP contribution in [0.15, 0.2) is 18.2 Å². The average Bonchev–Trinajstić information content (AvgIpc) is 2.67. The molecule has 29 heavy (non-hydrogen) atoms. The fourth-order valence-electron chi connectivity index (χ4n) is 5.90. The summed E-state index contributed by atoms with van der Waals surface area (Å²) in [6, 6.07) is 5.50. The Labute approximate surface area is 172 Å². The molecule has 6 nitrogen and oxygen atoms in total. The number of Topliss-reactive ketones (excluding diaryl/α,β-unsaturated/α-hetero) is 1. The van der Waals surface area contributed by atoms with Crippen LogP contribution in [-0.2, 0) is 28.0 Å². The van der Waals surface area contributed by atoms with Crippen molar-refractivity contribution >= 4 is 11.7 Å². The van der Waals surface area contributed by atoms with Gasteiger partial charge >= 0.3 is 0 Å². The Morgan fingerprint density at radius 3 is 2.72 bits per heavy atom. The lowest BCUT2D eigenvalue weighted by atomic mass is 9.43. The molecule has 1 amide bonds. The lowest BCUT2D eigenvalue weighted by molar-refractivity contribution is -0.144. The molecule has 1 aromatic carbocycles. The van der Waals surface area contributed by atoms with Gasteiger partial charge in [0.05, 0.1) is 19.3 Å². The maximum absolute atomic E-state index is 13.3. The third-order valence-corrected chi connectivity index (χ3v) is 7.56. The molecule has 1 aromatic rings. The smallest absolute Gasteiger partial charge is 0.225 e. The number of ketones is 1. The van der Waals surface area contributed by atoms with Crippen LogP contribution < -0.4 is 10.6 Å². The van der Waals surface area contributed by atoms with Gasteiger partial charge in [-0.1, -0.05) is 39.0 Å². The molecule has 1 heterocycles. The van der Waals surface area contributed by atoms with Crippen LogP contribution >= 0.6 is 0 Å². The Hall–Kier alpha value is -1.76. The third-order valence-electron chi connectivity index (χ3n) is 7.56. The summed E-state index contributed by atoms with van der Waals surface area (Å²) in [6.45, 7) is 6.22. The van der Waals surface area contributed by atoms with Crippen LogP contribution in [-0.4, -0.2) is 47.1 Å². The van der Waals surface area contributed by atoms with Gasteiger partial charge < -0.3 is 20.8 Å². The molecule has 3 aliphatic rings. The number of nitrogens with one attached hydrogen (secondary N) is 2. The predicted molar refractivity (Wildman–Crippen MR) is 109 cm³/mol. The second-order valence-electron chi connectivity index (χ2n) is 10.1. The van der Waals surface area contributed by atoms with Crippen molar-refractivity contribution < 1.29 is 19.8 Å². The highest BCUT2D eigenvalue weighted by atomic mass is 16.3. The molecular weight excluding hydrogens is 368 g/mol. The average molecular weight is 401 g/mol. The van der Waals surface area contributed by atoms with Crippen molar-refractivity contribution in [2.24, 2.45) is 10.8 Å². The summed E-state index contributed by atoms with van der Waals surface area (Å²) >= 11 is 0. The molecular formula is C23H32N2O4. The Bertz CT molecular complexity index is 846. The number of aliphatic hydroxyl groups is 2. The lowest BCUT2D eigenvalue weighted by Gasteiger charge is -2.64. The number of rotatable bonds is 3. The molecule has 6 heteroatoms. The van der Waals surface area contributed by atoms with Gasteiger partial charge in [-0.2, -0.15) is 0 Å². The molecule has 0 spiro atoms. The van der Waals surface area contributed by atoms with Crippen LogP contribution in [0.5, 0.6) is 0 Å². The number of hydrogen-bond acceptors (Lipinski definition) is 5. The number of carbonyl (C=O) groups excluding carboxylic acids is 2. The Morgan fingerprint density at radius 2 is 2.07 bits per heavy atom. The maximum Gasteiger partial charge on any atom is 0.225 e. The van der Waals surface area contributed by atoms with Crippen molar-refractivity contribution in [1.29, 1.82) is 0 Å². The number of benzene rings is 1. The molecule has 158 valence electrons. The number of carbonyl (C=O) groups is 2. The monoisotopic (exact) mass is 400 g/mol. The summed E-state index contributed by atoms with van der Waals surface area (Å²) in [5.41, 5.74) is 1.56. The van der Waals surface area contributed by atoms with Crippen LogP contribution in [0.2, 0.25) is 0 Å². The van der Waals surface area contributed by atoms with E-state index in [1.165, 1.54) is 5.56 Å². The second kappa shape index (κ2) is 6.89. The van der Waals surface area contributed by atoms with E-state index in [4.69, 9.17) is 0 Å². The van der Waals surface area contributed by atoms with Crippen molar-refractivity contribution in [3.05, 3.63) is 34.9 Å². The predicted octanol–water partition coefficient (Wildman–Crippen LogP) is 1.21. The minimum absolute atomic E-state index is 0.0366. The van der Waals surface area contributed by atoms with Crippen molar-refractivity contribution in [1.82, 2.24) is 10.6 Å². The van der Waals surface area contributed by atoms with E-state index in [0.29, 0.717) is 12.8 Å².